The number of ether oxygens (including phenoxy) is 1. The van der Waals surface area contributed by atoms with E-state index in [2.05, 4.69) is 0 Å². The van der Waals surface area contributed by atoms with Crippen LogP contribution in [0.25, 0.3) is 0 Å². The zero-order chi connectivity index (χ0) is 17.2. The molecule has 0 aliphatic carbocycles. The van der Waals surface area contributed by atoms with Gasteiger partial charge in [0.25, 0.3) is 0 Å². The average molecular weight is 341 g/mol. The molecule has 0 spiro atoms. The van der Waals surface area contributed by atoms with Gasteiger partial charge in [0.1, 0.15) is 10.6 Å². The van der Waals surface area contributed by atoms with E-state index in [-0.39, 0.29) is 23.1 Å². The molecule has 0 radical (unpaired) electrons. The summed E-state index contributed by atoms with van der Waals surface area (Å²) < 4.78 is 32.4. The van der Waals surface area contributed by atoms with Crippen molar-refractivity contribution in [1.29, 1.82) is 0 Å². The third-order valence-corrected chi connectivity index (χ3v) is 6.09. The summed E-state index contributed by atoms with van der Waals surface area (Å²) in [5, 5.41) is 9.16. The maximum atomic E-state index is 13.0. The second-order valence-electron chi connectivity index (χ2n) is 6.11. The maximum Gasteiger partial charge on any atom is 0.307 e. The van der Waals surface area contributed by atoms with E-state index in [1.807, 2.05) is 19.9 Å². The van der Waals surface area contributed by atoms with Gasteiger partial charge in [0.2, 0.25) is 10.0 Å². The Morgan fingerprint density at radius 1 is 1.39 bits per heavy atom. The van der Waals surface area contributed by atoms with Crippen LogP contribution in [0.1, 0.15) is 38.2 Å². The summed E-state index contributed by atoms with van der Waals surface area (Å²) in [6.07, 6.45) is 1.05. The van der Waals surface area contributed by atoms with Crippen LogP contribution < -0.4 is 4.74 Å². The first-order chi connectivity index (χ1) is 10.8. The molecule has 0 amide bonds. The molecule has 128 valence electrons. The number of hydrogen-bond donors (Lipinski definition) is 1. The lowest BCUT2D eigenvalue weighted by atomic mass is 10.0. The largest absolute Gasteiger partial charge is 0.495 e. The number of aliphatic carboxylic acids is 1. The smallest absolute Gasteiger partial charge is 0.307 e. The summed E-state index contributed by atoms with van der Waals surface area (Å²) in [5.41, 5.74) is 0.899. The van der Waals surface area contributed by atoms with Crippen LogP contribution in [-0.4, -0.2) is 44.0 Å². The Labute approximate surface area is 137 Å². The van der Waals surface area contributed by atoms with Gasteiger partial charge in [-0.25, -0.2) is 8.42 Å². The molecule has 1 aromatic rings. The van der Waals surface area contributed by atoms with E-state index in [1.54, 1.807) is 12.1 Å². The number of hydrogen-bond acceptors (Lipinski definition) is 4. The SMILES string of the molecule is COc1ccc(C(C)C)cc1S(=O)(=O)N1CCC[C@H](C(=O)O)C1. The minimum Gasteiger partial charge on any atom is -0.495 e. The molecule has 1 saturated heterocycles. The molecule has 1 aromatic carbocycles. The standard InChI is InChI=1S/C16H23NO5S/c1-11(2)12-6-7-14(22-3)15(9-12)23(20,21)17-8-4-5-13(10-17)16(18)19/h6-7,9,11,13H,4-5,8,10H2,1-3H3,(H,18,19)/t13-/m0/s1. The molecule has 0 aromatic heterocycles. The summed E-state index contributed by atoms with van der Waals surface area (Å²) >= 11 is 0. The van der Waals surface area contributed by atoms with Gasteiger partial charge in [-0.15, -0.1) is 0 Å². The number of carboxylic acid groups (broad SMARTS) is 1. The fraction of sp³-hybridized carbons (Fsp3) is 0.562. The molecule has 0 bridgehead atoms. The fourth-order valence-corrected chi connectivity index (χ4v) is 4.47. The molecule has 6 nitrogen and oxygen atoms in total. The number of nitrogens with zero attached hydrogens (tertiary/aromatic N) is 1. The Morgan fingerprint density at radius 2 is 2.09 bits per heavy atom. The predicted octanol–water partition coefficient (Wildman–Crippen LogP) is 2.30. The van der Waals surface area contributed by atoms with Crippen LogP contribution in [0.15, 0.2) is 23.1 Å². The minimum atomic E-state index is -3.78. The van der Waals surface area contributed by atoms with Gasteiger partial charge in [0.05, 0.1) is 13.0 Å². The van der Waals surface area contributed by atoms with Gasteiger partial charge in [-0.1, -0.05) is 19.9 Å². The van der Waals surface area contributed by atoms with Gasteiger partial charge in [-0.05, 0) is 36.5 Å². The Balaban J connectivity index is 2.42. The van der Waals surface area contributed by atoms with Crippen LogP contribution in [0.5, 0.6) is 5.75 Å². The van der Waals surface area contributed by atoms with Crippen LogP contribution in [0, 0.1) is 5.92 Å². The Bertz CT molecular complexity index is 684. The molecule has 1 N–H and O–H groups in total. The van der Waals surface area contributed by atoms with E-state index >= 15 is 0 Å². The summed E-state index contributed by atoms with van der Waals surface area (Å²) in [4.78, 5) is 11.3. The van der Waals surface area contributed by atoms with Gasteiger partial charge < -0.3 is 9.84 Å². The van der Waals surface area contributed by atoms with Crippen molar-refractivity contribution in [3.05, 3.63) is 23.8 Å². The third-order valence-electron chi connectivity index (χ3n) is 4.21. The molecule has 23 heavy (non-hydrogen) atoms. The van der Waals surface area contributed by atoms with Crippen LogP contribution in [0.4, 0.5) is 0 Å². The highest BCUT2D eigenvalue weighted by Gasteiger charge is 2.35. The Hall–Kier alpha value is -1.60. The number of benzene rings is 1. The average Bonchev–Trinajstić information content (AvgIpc) is 2.54. The number of rotatable bonds is 5. The molecule has 7 heteroatoms. The van der Waals surface area contributed by atoms with Gasteiger partial charge in [0.15, 0.2) is 0 Å². The molecule has 1 aliphatic heterocycles. The summed E-state index contributed by atoms with van der Waals surface area (Å²) in [6, 6.07) is 5.13. The number of methoxy groups -OCH3 is 1. The number of sulfonamides is 1. The van der Waals surface area contributed by atoms with Crippen molar-refractivity contribution in [2.75, 3.05) is 20.2 Å². The molecule has 1 atom stereocenters. The topological polar surface area (TPSA) is 83.9 Å². The second-order valence-corrected chi connectivity index (χ2v) is 8.01. The number of carboxylic acids is 1. The van der Waals surface area contributed by atoms with Crippen LogP contribution >= 0.6 is 0 Å². The molecule has 0 unspecified atom stereocenters. The second kappa shape index (κ2) is 6.88. The lowest BCUT2D eigenvalue weighted by Crippen LogP contribution is -2.42. The van der Waals surface area contributed by atoms with E-state index in [0.717, 1.165) is 5.56 Å². The van der Waals surface area contributed by atoms with Crippen molar-refractivity contribution in [2.45, 2.75) is 37.5 Å². The van der Waals surface area contributed by atoms with Crippen molar-refractivity contribution < 1.29 is 23.1 Å². The molecular weight excluding hydrogens is 318 g/mol. The summed E-state index contributed by atoms with van der Waals surface area (Å²) in [5.74, 6) is -1.14. The number of piperidine rings is 1. The first-order valence-corrected chi connectivity index (χ1v) is 9.12. The van der Waals surface area contributed by atoms with Crippen molar-refractivity contribution in [3.63, 3.8) is 0 Å². The fourth-order valence-electron chi connectivity index (χ4n) is 2.76. The molecule has 2 rings (SSSR count). The van der Waals surface area contributed by atoms with Crippen LogP contribution in [0.3, 0.4) is 0 Å². The zero-order valence-electron chi connectivity index (χ0n) is 13.7. The molecule has 0 saturated carbocycles. The molecule has 1 heterocycles. The van der Waals surface area contributed by atoms with Crippen LogP contribution in [0.2, 0.25) is 0 Å². The van der Waals surface area contributed by atoms with E-state index in [9.17, 15) is 13.2 Å². The van der Waals surface area contributed by atoms with Crippen LogP contribution in [-0.2, 0) is 14.8 Å². The van der Waals surface area contributed by atoms with Crippen molar-refractivity contribution >= 4 is 16.0 Å². The summed E-state index contributed by atoms with van der Waals surface area (Å²) in [7, 11) is -2.35. The highest BCUT2D eigenvalue weighted by molar-refractivity contribution is 7.89. The van der Waals surface area contributed by atoms with E-state index in [4.69, 9.17) is 9.84 Å². The molecule has 1 aliphatic rings. The van der Waals surface area contributed by atoms with Gasteiger partial charge in [-0.3, -0.25) is 4.79 Å². The van der Waals surface area contributed by atoms with E-state index in [0.29, 0.717) is 19.4 Å². The highest BCUT2D eigenvalue weighted by atomic mass is 32.2. The highest BCUT2D eigenvalue weighted by Crippen LogP contribution is 2.32. The maximum absolute atomic E-state index is 13.0. The van der Waals surface area contributed by atoms with Crippen molar-refractivity contribution in [3.8, 4) is 5.75 Å². The zero-order valence-corrected chi connectivity index (χ0v) is 14.5. The van der Waals surface area contributed by atoms with E-state index < -0.39 is 21.9 Å². The quantitative estimate of drug-likeness (QED) is 0.888. The predicted molar refractivity (Wildman–Crippen MR) is 86.2 cm³/mol. The van der Waals surface area contributed by atoms with Gasteiger partial charge >= 0.3 is 5.97 Å². The molecule has 1 fully saturated rings. The van der Waals surface area contributed by atoms with Gasteiger partial charge in [-0.2, -0.15) is 4.31 Å². The lowest BCUT2D eigenvalue weighted by molar-refractivity contribution is -0.142. The minimum absolute atomic E-state index is 0.00667. The molecular formula is C16H23NO5S. The summed E-state index contributed by atoms with van der Waals surface area (Å²) in [6.45, 7) is 4.31. The van der Waals surface area contributed by atoms with Crippen molar-refractivity contribution in [2.24, 2.45) is 5.92 Å². The van der Waals surface area contributed by atoms with Gasteiger partial charge in [0, 0.05) is 13.1 Å². The lowest BCUT2D eigenvalue weighted by Gasteiger charge is -2.30. The third kappa shape index (κ3) is 3.67. The van der Waals surface area contributed by atoms with E-state index in [1.165, 1.54) is 11.4 Å². The monoisotopic (exact) mass is 341 g/mol. The number of carbonyl (C=O) groups is 1. The first-order valence-electron chi connectivity index (χ1n) is 7.68. The first kappa shape index (κ1) is 17.7. The van der Waals surface area contributed by atoms with Crippen molar-refractivity contribution in [1.82, 2.24) is 4.31 Å². The Morgan fingerprint density at radius 3 is 2.65 bits per heavy atom. The Kier molecular flexibility index (Phi) is 5.31. The normalized spacial score (nSPS) is 19.7.